The highest BCUT2D eigenvalue weighted by Gasteiger charge is 2.17. The Balaban J connectivity index is 2.70. The zero-order valence-corrected chi connectivity index (χ0v) is 14.1. The third kappa shape index (κ3) is 5.97. The highest BCUT2D eigenvalue weighted by Crippen LogP contribution is 2.15. The van der Waals surface area contributed by atoms with E-state index in [1.165, 1.54) is 39.3 Å². The third-order valence-electron chi connectivity index (χ3n) is 2.98. The molecule has 0 spiro atoms. The molecule has 0 aromatic heterocycles. The lowest BCUT2D eigenvalue weighted by Gasteiger charge is -2.14. The quantitative estimate of drug-likeness (QED) is 0.618. The van der Waals surface area contributed by atoms with Gasteiger partial charge < -0.3 is 15.4 Å². The minimum absolute atomic E-state index is 0.0367. The van der Waals surface area contributed by atoms with E-state index in [4.69, 9.17) is 4.74 Å². The van der Waals surface area contributed by atoms with Crippen molar-refractivity contribution in [3.05, 3.63) is 24.3 Å². The highest BCUT2D eigenvalue weighted by molar-refractivity contribution is 7.89. The van der Waals surface area contributed by atoms with Crippen LogP contribution in [0.25, 0.3) is 0 Å². The number of nitrogens with one attached hydrogen (secondary N) is 3. The van der Waals surface area contributed by atoms with Gasteiger partial charge in [-0.25, -0.2) is 13.1 Å². The van der Waals surface area contributed by atoms with Crippen molar-refractivity contribution in [1.82, 2.24) is 10.0 Å². The highest BCUT2D eigenvalue weighted by atomic mass is 32.2. The first-order valence-corrected chi connectivity index (χ1v) is 8.41. The number of ether oxygens (including phenoxy) is 1. The van der Waals surface area contributed by atoms with Crippen LogP contribution in [-0.2, 0) is 24.3 Å². The Morgan fingerprint density at radius 3 is 2.61 bits per heavy atom. The van der Waals surface area contributed by atoms with Gasteiger partial charge in [-0.3, -0.25) is 9.59 Å². The van der Waals surface area contributed by atoms with E-state index in [0.717, 1.165) is 0 Å². The van der Waals surface area contributed by atoms with Gasteiger partial charge in [-0.15, -0.1) is 0 Å². The number of carbonyl (C=O) groups is 2. The molecule has 1 unspecified atom stereocenters. The minimum atomic E-state index is -3.59. The maximum absolute atomic E-state index is 12.0. The van der Waals surface area contributed by atoms with E-state index in [1.54, 1.807) is 6.07 Å². The van der Waals surface area contributed by atoms with Crippen molar-refractivity contribution >= 4 is 27.5 Å². The van der Waals surface area contributed by atoms with Crippen molar-refractivity contribution in [3.8, 4) is 0 Å². The Morgan fingerprint density at radius 1 is 1.30 bits per heavy atom. The molecule has 8 nitrogen and oxygen atoms in total. The summed E-state index contributed by atoms with van der Waals surface area (Å²) in [5.74, 6) is -0.754. The number of benzene rings is 1. The standard InChI is InChI=1S/C14H21N3O5S/c1-10(16-13(18)7-8-22-3)14(19)17-11-5-4-6-12(9-11)23(20,21)15-2/h4-6,9-10,15H,7-8H2,1-3H3,(H,16,18)(H,17,19). The topological polar surface area (TPSA) is 114 Å². The third-order valence-corrected chi connectivity index (χ3v) is 4.40. The van der Waals surface area contributed by atoms with Crippen LogP contribution in [0.3, 0.4) is 0 Å². The summed E-state index contributed by atoms with van der Waals surface area (Å²) in [4.78, 5) is 23.6. The van der Waals surface area contributed by atoms with Crippen molar-refractivity contribution in [2.24, 2.45) is 0 Å². The van der Waals surface area contributed by atoms with Gasteiger partial charge >= 0.3 is 0 Å². The van der Waals surface area contributed by atoms with E-state index in [1.807, 2.05) is 0 Å². The average Bonchev–Trinajstić information content (AvgIpc) is 2.53. The summed E-state index contributed by atoms with van der Waals surface area (Å²) < 4.78 is 30.4. The van der Waals surface area contributed by atoms with Crippen LogP contribution in [-0.4, -0.2) is 47.0 Å². The number of carbonyl (C=O) groups excluding carboxylic acids is 2. The van der Waals surface area contributed by atoms with Crippen LogP contribution in [0.15, 0.2) is 29.2 Å². The summed E-state index contributed by atoms with van der Waals surface area (Å²) in [5.41, 5.74) is 0.323. The number of hydrogen-bond donors (Lipinski definition) is 3. The predicted octanol–water partition coefficient (Wildman–Crippen LogP) is 0.0744. The number of anilines is 1. The molecule has 9 heteroatoms. The second kappa shape index (κ2) is 8.61. The van der Waals surface area contributed by atoms with E-state index < -0.39 is 22.0 Å². The van der Waals surface area contributed by atoms with Gasteiger partial charge in [-0.1, -0.05) is 6.07 Å². The van der Waals surface area contributed by atoms with Gasteiger partial charge in [0.2, 0.25) is 21.8 Å². The second-order valence-corrected chi connectivity index (χ2v) is 6.64. The van der Waals surface area contributed by atoms with E-state index in [9.17, 15) is 18.0 Å². The summed E-state index contributed by atoms with van der Waals surface area (Å²) in [6, 6.07) is 5.07. The van der Waals surface area contributed by atoms with Gasteiger partial charge in [0, 0.05) is 19.2 Å². The summed E-state index contributed by atoms with van der Waals surface area (Å²) in [6.45, 7) is 1.80. The van der Waals surface area contributed by atoms with Crippen LogP contribution in [0.2, 0.25) is 0 Å². The van der Waals surface area contributed by atoms with E-state index in [2.05, 4.69) is 15.4 Å². The number of sulfonamides is 1. The first-order valence-electron chi connectivity index (χ1n) is 6.93. The molecule has 0 aliphatic heterocycles. The maximum Gasteiger partial charge on any atom is 0.246 e. The molecule has 0 aliphatic carbocycles. The molecule has 1 atom stereocenters. The van der Waals surface area contributed by atoms with Crippen molar-refractivity contribution < 1.29 is 22.7 Å². The smallest absolute Gasteiger partial charge is 0.246 e. The van der Waals surface area contributed by atoms with Crippen molar-refractivity contribution in [1.29, 1.82) is 0 Å². The zero-order chi connectivity index (χ0) is 17.5. The van der Waals surface area contributed by atoms with Crippen molar-refractivity contribution in [3.63, 3.8) is 0 Å². The molecular formula is C14H21N3O5S. The first kappa shape index (κ1) is 19.1. The lowest BCUT2D eigenvalue weighted by molar-refractivity contribution is -0.126. The summed E-state index contributed by atoms with van der Waals surface area (Å²) in [5, 5.41) is 5.09. The predicted molar refractivity (Wildman–Crippen MR) is 85.4 cm³/mol. The molecule has 3 N–H and O–H groups in total. The monoisotopic (exact) mass is 343 g/mol. The van der Waals surface area contributed by atoms with Gasteiger partial charge in [0.1, 0.15) is 6.04 Å². The number of methoxy groups -OCH3 is 1. The van der Waals surface area contributed by atoms with Gasteiger partial charge in [0.25, 0.3) is 0 Å². The van der Waals surface area contributed by atoms with Crippen LogP contribution in [0, 0.1) is 0 Å². The molecule has 2 amide bonds. The molecule has 1 aromatic rings. The van der Waals surface area contributed by atoms with E-state index >= 15 is 0 Å². The first-order chi connectivity index (χ1) is 10.8. The van der Waals surface area contributed by atoms with Crippen LogP contribution in [0.5, 0.6) is 0 Å². The molecule has 0 saturated heterocycles. The average molecular weight is 343 g/mol. The van der Waals surface area contributed by atoms with Gasteiger partial charge in [0.15, 0.2) is 0 Å². The van der Waals surface area contributed by atoms with E-state index in [-0.39, 0.29) is 23.8 Å². The Hall–Kier alpha value is -1.97. The molecule has 128 valence electrons. The molecule has 0 heterocycles. The molecule has 1 aromatic carbocycles. The minimum Gasteiger partial charge on any atom is -0.384 e. The van der Waals surface area contributed by atoms with Crippen LogP contribution in [0.1, 0.15) is 13.3 Å². The van der Waals surface area contributed by atoms with Gasteiger partial charge in [-0.2, -0.15) is 0 Å². The number of amides is 2. The second-order valence-electron chi connectivity index (χ2n) is 4.76. The number of rotatable bonds is 8. The van der Waals surface area contributed by atoms with Crippen LogP contribution < -0.4 is 15.4 Å². The molecule has 1 rings (SSSR count). The molecular weight excluding hydrogens is 322 g/mol. The molecule has 23 heavy (non-hydrogen) atoms. The molecule has 0 aliphatic rings. The van der Waals surface area contributed by atoms with Crippen LogP contribution >= 0.6 is 0 Å². The van der Waals surface area contributed by atoms with Crippen molar-refractivity contribution in [2.45, 2.75) is 24.3 Å². The molecule has 0 bridgehead atoms. The van der Waals surface area contributed by atoms with Gasteiger partial charge in [0.05, 0.1) is 11.5 Å². The van der Waals surface area contributed by atoms with Crippen LogP contribution in [0.4, 0.5) is 5.69 Å². The van der Waals surface area contributed by atoms with E-state index in [0.29, 0.717) is 5.69 Å². The zero-order valence-electron chi connectivity index (χ0n) is 13.3. The normalized spacial score (nSPS) is 12.5. The lowest BCUT2D eigenvalue weighted by atomic mass is 10.2. The Labute approximate surface area is 135 Å². The summed E-state index contributed by atoms with van der Waals surface area (Å²) in [7, 11) is -0.805. The van der Waals surface area contributed by atoms with Crippen molar-refractivity contribution in [2.75, 3.05) is 26.1 Å². The maximum atomic E-state index is 12.0. The fourth-order valence-corrected chi connectivity index (χ4v) is 2.46. The lowest BCUT2D eigenvalue weighted by Crippen LogP contribution is -2.41. The SMILES string of the molecule is CNS(=O)(=O)c1cccc(NC(=O)C(C)NC(=O)CCOC)c1. The molecule has 0 radical (unpaired) electrons. The molecule has 0 fully saturated rings. The summed E-state index contributed by atoms with van der Waals surface area (Å²) in [6.07, 6.45) is 0.157. The Bertz CT molecular complexity index is 660. The Kier molecular flexibility index (Phi) is 7.14. The fourth-order valence-electron chi connectivity index (χ4n) is 1.68. The largest absolute Gasteiger partial charge is 0.384 e. The molecule has 0 saturated carbocycles. The van der Waals surface area contributed by atoms with Gasteiger partial charge in [-0.05, 0) is 32.2 Å². The summed E-state index contributed by atoms with van der Waals surface area (Å²) >= 11 is 0. The fraction of sp³-hybridized carbons (Fsp3) is 0.429. The number of hydrogen-bond acceptors (Lipinski definition) is 5. The Morgan fingerprint density at radius 2 is 2.00 bits per heavy atom.